The van der Waals surface area contributed by atoms with Gasteiger partial charge in [0.05, 0.1) is 11.1 Å². The molecule has 2 fully saturated rings. The van der Waals surface area contributed by atoms with Crippen molar-refractivity contribution in [3.05, 3.63) is 58.9 Å². The van der Waals surface area contributed by atoms with Gasteiger partial charge in [-0.2, -0.15) is 26.3 Å². The second-order valence-corrected chi connectivity index (χ2v) is 13.0. The molecule has 14 heteroatoms. The number of allylic oxidation sites excluding steroid dienone is 3. The smallest absolute Gasteiger partial charge is 0.372 e. The largest absolute Gasteiger partial charge is 0.416 e. The summed E-state index contributed by atoms with van der Waals surface area (Å²) in [5.74, 6) is -0.760. The monoisotopic (exact) mass is 650 g/mol. The Morgan fingerprint density at radius 1 is 0.978 bits per heavy atom. The standard InChI is InChI=1S/C31H41F7N4O3/c1-19(43)40-10-12-41(13-11-40)24-8-9-42(26(17-24)25-7-6-23(32)18-28(25,2)3)27(44)39(5)29(4,45)20-14-21(30(33,34)35)16-22(15-20)31(36,37)38/h6-7,14-16,18,24-27,44-45H,8-13,17H2,1-5H3. The number of hydrogen-bond acceptors (Lipinski definition) is 6. The Hall–Kier alpha value is -2.52. The Labute approximate surface area is 258 Å². The van der Waals surface area contributed by atoms with Gasteiger partial charge in [-0.15, -0.1) is 0 Å². The van der Waals surface area contributed by atoms with Crippen molar-refractivity contribution in [3.63, 3.8) is 0 Å². The van der Waals surface area contributed by atoms with Gasteiger partial charge in [-0.1, -0.05) is 19.9 Å². The molecule has 1 aromatic carbocycles. The highest BCUT2D eigenvalue weighted by molar-refractivity contribution is 5.73. The highest BCUT2D eigenvalue weighted by Crippen LogP contribution is 2.44. The van der Waals surface area contributed by atoms with Crippen LogP contribution in [-0.4, -0.2) is 93.9 Å². The predicted molar refractivity (Wildman–Crippen MR) is 153 cm³/mol. The summed E-state index contributed by atoms with van der Waals surface area (Å²) in [5, 5.41) is 23.2. The first-order valence-electron chi connectivity index (χ1n) is 14.9. The molecule has 2 saturated heterocycles. The summed E-state index contributed by atoms with van der Waals surface area (Å²) in [6.45, 7) is 8.93. The van der Waals surface area contributed by atoms with Gasteiger partial charge in [-0.25, -0.2) is 9.29 Å². The number of carbonyl (C=O) groups is 1. The number of amides is 1. The lowest BCUT2D eigenvalue weighted by Crippen LogP contribution is -2.64. The van der Waals surface area contributed by atoms with Crippen molar-refractivity contribution in [1.29, 1.82) is 0 Å². The summed E-state index contributed by atoms with van der Waals surface area (Å²) in [6, 6.07) is 0.464. The van der Waals surface area contributed by atoms with E-state index in [1.54, 1.807) is 15.9 Å². The van der Waals surface area contributed by atoms with Gasteiger partial charge in [0.15, 0.2) is 6.35 Å². The number of aliphatic hydroxyl groups is 2. The maximum absolute atomic E-state index is 14.3. The number of piperazine rings is 1. The van der Waals surface area contributed by atoms with E-state index in [0.29, 0.717) is 51.2 Å². The number of piperidine rings is 1. The Bertz CT molecular complexity index is 1270. The molecule has 0 aromatic heterocycles. The quantitative estimate of drug-likeness (QED) is 0.328. The Balaban J connectivity index is 1.66. The number of nitrogens with zero attached hydrogens (tertiary/aromatic N) is 4. The average Bonchev–Trinajstić information content (AvgIpc) is 2.94. The van der Waals surface area contributed by atoms with Crippen molar-refractivity contribution in [2.75, 3.05) is 39.8 Å². The zero-order chi connectivity index (χ0) is 33.7. The molecule has 2 aliphatic heterocycles. The van der Waals surface area contributed by atoms with E-state index in [2.05, 4.69) is 4.90 Å². The molecular weight excluding hydrogens is 609 g/mol. The van der Waals surface area contributed by atoms with Gasteiger partial charge in [0, 0.05) is 57.6 Å². The van der Waals surface area contributed by atoms with Gasteiger partial charge in [-0.05, 0) is 68.1 Å². The first kappa shape index (κ1) is 35.3. The van der Waals surface area contributed by atoms with E-state index >= 15 is 0 Å². The third-order valence-electron chi connectivity index (χ3n) is 9.65. The fourth-order valence-electron chi connectivity index (χ4n) is 6.82. The molecular formula is C31H41F7N4O3. The Kier molecular flexibility index (Phi) is 9.89. The summed E-state index contributed by atoms with van der Waals surface area (Å²) in [6.07, 6.45) is -6.26. The fraction of sp³-hybridized carbons (Fsp3) is 0.645. The highest BCUT2D eigenvalue weighted by atomic mass is 19.4. The second kappa shape index (κ2) is 12.6. The number of rotatable bonds is 6. The van der Waals surface area contributed by atoms with Crippen LogP contribution in [0.3, 0.4) is 0 Å². The van der Waals surface area contributed by atoms with Crippen LogP contribution in [-0.2, 0) is 22.9 Å². The molecule has 1 aliphatic carbocycles. The van der Waals surface area contributed by atoms with Crippen LogP contribution in [0, 0.1) is 11.3 Å². The first-order chi connectivity index (χ1) is 20.6. The summed E-state index contributed by atoms with van der Waals surface area (Å²) >= 11 is 0. The minimum atomic E-state index is -5.12. The van der Waals surface area contributed by atoms with E-state index in [-0.39, 0.29) is 30.5 Å². The number of aliphatic hydroxyl groups excluding tert-OH is 1. The molecule has 0 bridgehead atoms. The fourth-order valence-corrected chi connectivity index (χ4v) is 6.82. The number of carbonyl (C=O) groups excluding carboxylic acids is 1. The van der Waals surface area contributed by atoms with E-state index in [0.717, 1.165) is 11.8 Å². The molecule has 3 aliphatic rings. The molecule has 0 radical (unpaired) electrons. The minimum absolute atomic E-state index is 0.00779. The maximum atomic E-state index is 14.3. The average molecular weight is 651 g/mol. The molecule has 1 aromatic rings. The van der Waals surface area contributed by atoms with Gasteiger partial charge < -0.3 is 15.1 Å². The molecule has 45 heavy (non-hydrogen) atoms. The van der Waals surface area contributed by atoms with E-state index in [1.807, 2.05) is 13.8 Å². The van der Waals surface area contributed by atoms with Crippen LogP contribution in [0.25, 0.3) is 0 Å². The Morgan fingerprint density at radius 3 is 2.00 bits per heavy atom. The molecule has 0 saturated carbocycles. The number of likely N-dealkylation sites (tertiary alicyclic amines) is 1. The summed E-state index contributed by atoms with van der Waals surface area (Å²) in [5.41, 5.74) is -7.03. The van der Waals surface area contributed by atoms with E-state index < -0.39 is 58.4 Å². The van der Waals surface area contributed by atoms with Crippen LogP contribution in [0.15, 0.2) is 42.3 Å². The number of halogens is 7. The molecule has 252 valence electrons. The number of alkyl halides is 6. The van der Waals surface area contributed by atoms with Gasteiger partial charge in [0.25, 0.3) is 0 Å². The molecule has 5 atom stereocenters. The summed E-state index contributed by atoms with van der Waals surface area (Å²) < 4.78 is 95.9. The van der Waals surface area contributed by atoms with Crippen LogP contribution < -0.4 is 0 Å². The normalized spacial score (nSPS) is 27.3. The van der Waals surface area contributed by atoms with Crippen molar-refractivity contribution in [2.24, 2.45) is 11.3 Å². The zero-order valence-corrected chi connectivity index (χ0v) is 26.0. The van der Waals surface area contributed by atoms with E-state index in [1.165, 1.54) is 26.1 Å². The maximum Gasteiger partial charge on any atom is 0.416 e. The molecule has 2 N–H and O–H groups in total. The topological polar surface area (TPSA) is 70.5 Å². The van der Waals surface area contributed by atoms with Crippen LogP contribution in [0.2, 0.25) is 0 Å². The van der Waals surface area contributed by atoms with Crippen LogP contribution in [0.4, 0.5) is 30.7 Å². The van der Waals surface area contributed by atoms with Crippen LogP contribution >= 0.6 is 0 Å². The minimum Gasteiger partial charge on any atom is -0.372 e. The molecule has 4 rings (SSSR count). The molecule has 5 unspecified atom stereocenters. The lowest BCUT2D eigenvalue weighted by molar-refractivity contribution is -0.229. The number of hydrogen-bond donors (Lipinski definition) is 2. The SMILES string of the molecule is CC(=O)N1CCN(C2CCN(C(O)N(C)C(C)(O)c3cc(C(F)(F)F)cc(C(F)(F)F)c3)C(C3C=CC(F)=CC3(C)C)C2)CC1. The van der Waals surface area contributed by atoms with Crippen molar-refractivity contribution in [1.82, 2.24) is 19.6 Å². The van der Waals surface area contributed by atoms with Crippen molar-refractivity contribution in [2.45, 2.75) is 77.0 Å². The van der Waals surface area contributed by atoms with Crippen LogP contribution in [0.5, 0.6) is 0 Å². The zero-order valence-electron chi connectivity index (χ0n) is 26.0. The van der Waals surface area contributed by atoms with Gasteiger partial charge >= 0.3 is 12.4 Å². The van der Waals surface area contributed by atoms with E-state index in [4.69, 9.17) is 0 Å². The van der Waals surface area contributed by atoms with Crippen LogP contribution in [0.1, 0.15) is 57.2 Å². The lowest BCUT2D eigenvalue weighted by Gasteiger charge is -2.53. The third kappa shape index (κ3) is 7.56. The van der Waals surface area contributed by atoms with Crippen molar-refractivity contribution in [3.8, 4) is 0 Å². The molecule has 1 amide bonds. The Morgan fingerprint density at radius 2 is 1.51 bits per heavy atom. The van der Waals surface area contributed by atoms with Gasteiger partial charge in [0.2, 0.25) is 5.91 Å². The third-order valence-corrected chi connectivity index (χ3v) is 9.65. The predicted octanol–water partition coefficient (Wildman–Crippen LogP) is 5.16. The van der Waals surface area contributed by atoms with E-state index in [9.17, 15) is 45.7 Å². The van der Waals surface area contributed by atoms with Gasteiger partial charge in [-0.3, -0.25) is 14.6 Å². The lowest BCUT2D eigenvalue weighted by atomic mass is 9.69. The summed E-state index contributed by atoms with van der Waals surface area (Å²) in [7, 11) is 1.23. The molecule has 0 spiro atoms. The van der Waals surface area contributed by atoms with Crippen molar-refractivity contribution >= 4 is 5.91 Å². The number of benzene rings is 1. The molecule has 2 heterocycles. The van der Waals surface area contributed by atoms with Gasteiger partial charge in [0.1, 0.15) is 11.6 Å². The second-order valence-electron chi connectivity index (χ2n) is 13.0. The first-order valence-corrected chi connectivity index (χ1v) is 14.9. The molecule has 7 nitrogen and oxygen atoms in total. The summed E-state index contributed by atoms with van der Waals surface area (Å²) in [4.78, 5) is 18.5. The van der Waals surface area contributed by atoms with Crippen molar-refractivity contribution < 1.29 is 45.7 Å². The highest BCUT2D eigenvalue weighted by Gasteiger charge is 2.47.